The fourth-order valence-corrected chi connectivity index (χ4v) is 2.76. The molecule has 1 fully saturated rings. The van der Waals surface area contributed by atoms with Crippen molar-refractivity contribution in [3.63, 3.8) is 0 Å². The van der Waals surface area contributed by atoms with E-state index in [2.05, 4.69) is 10.6 Å². The normalized spacial score (nSPS) is 16.7. The van der Waals surface area contributed by atoms with Crippen LogP contribution in [0.5, 0.6) is 5.75 Å². The van der Waals surface area contributed by atoms with E-state index in [1.54, 1.807) is 42.5 Å². The monoisotopic (exact) mass is 358 g/mol. The summed E-state index contributed by atoms with van der Waals surface area (Å²) >= 11 is 0. The molecular formula is C20H23FN2O3. The van der Waals surface area contributed by atoms with Gasteiger partial charge in [-0.25, -0.2) is 9.18 Å². The molecule has 1 unspecified atom stereocenters. The fraction of sp³-hybridized carbons (Fsp3) is 0.350. The van der Waals surface area contributed by atoms with Crippen LogP contribution in [0.3, 0.4) is 0 Å². The van der Waals surface area contributed by atoms with Crippen LogP contribution < -0.4 is 15.4 Å². The topological polar surface area (TPSA) is 59.6 Å². The van der Waals surface area contributed by atoms with Gasteiger partial charge >= 0.3 is 6.03 Å². The van der Waals surface area contributed by atoms with Crippen molar-refractivity contribution >= 4 is 11.7 Å². The van der Waals surface area contributed by atoms with Crippen LogP contribution in [0, 0.1) is 5.82 Å². The Balaban J connectivity index is 1.43. The summed E-state index contributed by atoms with van der Waals surface area (Å²) in [6, 6.07) is 13.1. The Hall–Kier alpha value is -2.60. The van der Waals surface area contributed by atoms with E-state index in [4.69, 9.17) is 9.47 Å². The van der Waals surface area contributed by atoms with E-state index in [1.165, 1.54) is 12.5 Å². The summed E-state index contributed by atoms with van der Waals surface area (Å²) in [4.78, 5) is 11.9. The van der Waals surface area contributed by atoms with E-state index < -0.39 is 6.03 Å². The highest BCUT2D eigenvalue weighted by Crippen LogP contribution is 2.18. The highest BCUT2D eigenvalue weighted by molar-refractivity contribution is 5.89. The second kappa shape index (κ2) is 9.20. The molecule has 1 aliphatic rings. The van der Waals surface area contributed by atoms with Crippen molar-refractivity contribution in [1.29, 1.82) is 0 Å². The first-order chi connectivity index (χ1) is 12.7. The lowest BCUT2D eigenvalue weighted by Crippen LogP contribution is -2.28. The van der Waals surface area contributed by atoms with E-state index >= 15 is 0 Å². The van der Waals surface area contributed by atoms with E-state index in [1.807, 2.05) is 0 Å². The van der Waals surface area contributed by atoms with Crippen molar-refractivity contribution in [1.82, 2.24) is 5.32 Å². The van der Waals surface area contributed by atoms with Crippen LogP contribution in [0.15, 0.2) is 48.5 Å². The molecule has 0 radical (unpaired) electrons. The molecule has 0 aliphatic carbocycles. The molecule has 0 saturated carbocycles. The standard InChI is InChI=1S/C20H23FN2O3/c21-19-7-2-1-5-15(19)13-22-20(24)23-16-8-10-17(11-9-16)26-14-18-6-3-4-12-25-18/h1-2,5,7-11,18H,3-4,6,12-14H2,(H2,22,23,24). The molecular weight excluding hydrogens is 335 g/mol. The molecule has 0 spiro atoms. The third-order valence-electron chi connectivity index (χ3n) is 4.22. The van der Waals surface area contributed by atoms with Gasteiger partial charge in [-0.3, -0.25) is 0 Å². The van der Waals surface area contributed by atoms with Crippen LogP contribution in [0.1, 0.15) is 24.8 Å². The van der Waals surface area contributed by atoms with Gasteiger partial charge in [-0.2, -0.15) is 0 Å². The van der Waals surface area contributed by atoms with Gasteiger partial charge in [0.15, 0.2) is 0 Å². The largest absolute Gasteiger partial charge is 0.491 e. The number of nitrogens with one attached hydrogen (secondary N) is 2. The number of anilines is 1. The predicted octanol–water partition coefficient (Wildman–Crippen LogP) is 4.10. The molecule has 0 bridgehead atoms. The predicted molar refractivity (Wildman–Crippen MR) is 97.8 cm³/mol. The second-order valence-corrected chi connectivity index (χ2v) is 6.22. The molecule has 1 aliphatic heterocycles. The van der Waals surface area contributed by atoms with Gasteiger partial charge in [-0.1, -0.05) is 18.2 Å². The molecule has 1 saturated heterocycles. The van der Waals surface area contributed by atoms with Gasteiger partial charge in [0.1, 0.15) is 18.2 Å². The van der Waals surface area contributed by atoms with Crippen molar-refractivity contribution < 1.29 is 18.7 Å². The molecule has 3 rings (SSSR count). The first-order valence-electron chi connectivity index (χ1n) is 8.83. The Morgan fingerprint density at radius 2 is 1.96 bits per heavy atom. The average Bonchev–Trinajstić information content (AvgIpc) is 2.68. The molecule has 2 amide bonds. The molecule has 2 N–H and O–H groups in total. The van der Waals surface area contributed by atoms with Gasteiger partial charge in [-0.15, -0.1) is 0 Å². The van der Waals surface area contributed by atoms with Crippen molar-refractivity contribution in [3.8, 4) is 5.75 Å². The number of urea groups is 1. The van der Waals surface area contributed by atoms with Crippen molar-refractivity contribution in [2.24, 2.45) is 0 Å². The zero-order chi connectivity index (χ0) is 18.2. The van der Waals surface area contributed by atoms with Crippen molar-refractivity contribution in [3.05, 3.63) is 59.9 Å². The van der Waals surface area contributed by atoms with Crippen LogP contribution in [-0.4, -0.2) is 25.3 Å². The number of carbonyl (C=O) groups is 1. The van der Waals surface area contributed by atoms with Crippen LogP contribution in [-0.2, 0) is 11.3 Å². The summed E-state index contributed by atoms with van der Waals surface area (Å²) in [5.74, 6) is 0.396. The SMILES string of the molecule is O=C(NCc1ccccc1F)Nc1ccc(OCC2CCCCO2)cc1. The Bertz CT molecular complexity index is 715. The highest BCUT2D eigenvalue weighted by Gasteiger charge is 2.14. The van der Waals surface area contributed by atoms with Crippen molar-refractivity contribution in [2.45, 2.75) is 31.9 Å². The number of amides is 2. The molecule has 138 valence electrons. The molecule has 0 aromatic heterocycles. The van der Waals surface area contributed by atoms with Crippen LogP contribution in [0.25, 0.3) is 0 Å². The Labute approximate surface area is 152 Å². The Morgan fingerprint density at radius 3 is 2.69 bits per heavy atom. The number of carbonyl (C=O) groups excluding carboxylic acids is 1. The Kier molecular flexibility index (Phi) is 6.44. The summed E-state index contributed by atoms with van der Waals surface area (Å²) in [5, 5.41) is 5.34. The Morgan fingerprint density at radius 1 is 1.15 bits per heavy atom. The summed E-state index contributed by atoms with van der Waals surface area (Å²) < 4.78 is 24.9. The van der Waals surface area contributed by atoms with Gasteiger partial charge in [0, 0.05) is 24.4 Å². The third-order valence-corrected chi connectivity index (χ3v) is 4.22. The molecule has 2 aromatic carbocycles. The van der Waals surface area contributed by atoms with E-state index in [0.29, 0.717) is 17.9 Å². The van der Waals surface area contributed by atoms with Gasteiger partial charge in [0.25, 0.3) is 0 Å². The zero-order valence-corrected chi connectivity index (χ0v) is 14.5. The average molecular weight is 358 g/mol. The minimum Gasteiger partial charge on any atom is -0.491 e. The smallest absolute Gasteiger partial charge is 0.319 e. The molecule has 5 nitrogen and oxygen atoms in total. The maximum absolute atomic E-state index is 13.5. The molecule has 1 atom stereocenters. The summed E-state index contributed by atoms with van der Waals surface area (Å²) in [6.07, 6.45) is 3.49. The maximum atomic E-state index is 13.5. The molecule has 6 heteroatoms. The number of benzene rings is 2. The number of ether oxygens (including phenoxy) is 2. The zero-order valence-electron chi connectivity index (χ0n) is 14.5. The van der Waals surface area contributed by atoms with Gasteiger partial charge in [-0.05, 0) is 49.6 Å². The van der Waals surface area contributed by atoms with Gasteiger partial charge < -0.3 is 20.1 Å². The number of hydrogen-bond donors (Lipinski definition) is 2. The van der Waals surface area contributed by atoms with E-state index in [-0.39, 0.29) is 18.5 Å². The molecule has 1 heterocycles. The first-order valence-corrected chi connectivity index (χ1v) is 8.83. The van der Waals surface area contributed by atoms with E-state index in [0.717, 1.165) is 25.2 Å². The quantitative estimate of drug-likeness (QED) is 0.817. The summed E-state index contributed by atoms with van der Waals surface area (Å²) in [6.45, 7) is 1.47. The fourth-order valence-electron chi connectivity index (χ4n) is 2.76. The number of rotatable bonds is 6. The van der Waals surface area contributed by atoms with E-state index in [9.17, 15) is 9.18 Å². The summed E-state index contributed by atoms with van der Waals surface area (Å²) in [5.41, 5.74) is 1.08. The first kappa shape index (κ1) is 18.2. The molecule has 2 aromatic rings. The van der Waals surface area contributed by atoms with Crippen LogP contribution in [0.4, 0.5) is 14.9 Å². The molecule has 26 heavy (non-hydrogen) atoms. The highest BCUT2D eigenvalue weighted by atomic mass is 19.1. The lowest BCUT2D eigenvalue weighted by molar-refractivity contribution is -0.0110. The third kappa shape index (κ3) is 5.46. The second-order valence-electron chi connectivity index (χ2n) is 6.22. The van der Waals surface area contributed by atoms with Gasteiger partial charge in [0.05, 0.1) is 6.10 Å². The van der Waals surface area contributed by atoms with Crippen LogP contribution >= 0.6 is 0 Å². The number of halogens is 1. The lowest BCUT2D eigenvalue weighted by atomic mass is 10.1. The maximum Gasteiger partial charge on any atom is 0.319 e. The van der Waals surface area contributed by atoms with Crippen molar-refractivity contribution in [2.75, 3.05) is 18.5 Å². The minimum absolute atomic E-state index is 0.126. The lowest BCUT2D eigenvalue weighted by Gasteiger charge is -2.22. The minimum atomic E-state index is -0.391. The van der Waals surface area contributed by atoms with Crippen LogP contribution in [0.2, 0.25) is 0 Å². The summed E-state index contributed by atoms with van der Waals surface area (Å²) in [7, 11) is 0. The van der Waals surface area contributed by atoms with Gasteiger partial charge in [0.2, 0.25) is 0 Å². The number of hydrogen-bond acceptors (Lipinski definition) is 3.